The zero-order chi connectivity index (χ0) is 12.5. The normalized spacial score (nSPS) is 12.6. The van der Waals surface area contributed by atoms with Crippen molar-refractivity contribution in [2.24, 2.45) is 5.73 Å². The molecule has 1 unspecified atom stereocenters. The first-order valence-corrected chi connectivity index (χ1v) is 6.31. The van der Waals surface area contributed by atoms with Crippen LogP contribution in [0, 0.1) is 5.82 Å². The van der Waals surface area contributed by atoms with Crippen LogP contribution in [0.15, 0.2) is 24.3 Å². The predicted molar refractivity (Wildman–Crippen MR) is 68.5 cm³/mol. The Bertz CT molecular complexity index is 317. The summed E-state index contributed by atoms with van der Waals surface area (Å²) in [5.41, 5.74) is 6.68. The fourth-order valence-electron chi connectivity index (χ4n) is 1.76. The van der Waals surface area contributed by atoms with E-state index in [4.69, 9.17) is 10.5 Å². The van der Waals surface area contributed by atoms with Gasteiger partial charge in [-0.1, -0.05) is 25.5 Å². The predicted octanol–water partition coefficient (Wildman–Crippen LogP) is 3.07. The summed E-state index contributed by atoms with van der Waals surface area (Å²) in [5.74, 6) is -0.0137. The van der Waals surface area contributed by atoms with E-state index < -0.39 is 0 Å². The van der Waals surface area contributed by atoms with Gasteiger partial charge in [-0.05, 0) is 43.0 Å². The van der Waals surface area contributed by atoms with Gasteiger partial charge in [0.1, 0.15) is 5.82 Å². The molecule has 0 aliphatic heterocycles. The quantitative estimate of drug-likeness (QED) is 0.708. The molecule has 0 saturated heterocycles. The zero-order valence-electron chi connectivity index (χ0n) is 10.5. The van der Waals surface area contributed by atoms with E-state index in [1.165, 1.54) is 6.07 Å². The summed E-state index contributed by atoms with van der Waals surface area (Å²) in [5, 5.41) is 0. The number of halogens is 1. The second kappa shape index (κ2) is 8.20. The van der Waals surface area contributed by atoms with Crippen molar-refractivity contribution >= 4 is 0 Å². The molecule has 1 aromatic rings. The Morgan fingerprint density at radius 3 is 2.82 bits per heavy atom. The molecule has 2 N–H and O–H groups in total. The maximum Gasteiger partial charge on any atom is 0.123 e. The number of hydrogen-bond acceptors (Lipinski definition) is 2. The molecule has 0 aliphatic rings. The first-order chi connectivity index (χ1) is 8.27. The highest BCUT2D eigenvalue weighted by atomic mass is 19.1. The lowest BCUT2D eigenvalue weighted by molar-refractivity contribution is 0.124. The Balaban J connectivity index is 2.38. The Morgan fingerprint density at radius 1 is 1.35 bits per heavy atom. The minimum atomic E-state index is -0.201. The summed E-state index contributed by atoms with van der Waals surface area (Å²) in [6.07, 6.45) is 3.08. The average molecular weight is 239 g/mol. The lowest BCUT2D eigenvalue weighted by Gasteiger charge is -2.15. The smallest absolute Gasteiger partial charge is 0.123 e. The standard InChI is InChI=1S/C14H22FNO/c1-2-3-8-17-9-7-13(11-16)12-5-4-6-14(15)10-12/h4-6,10,13H,2-3,7-9,11,16H2,1H3. The third kappa shape index (κ3) is 5.29. The van der Waals surface area contributed by atoms with E-state index in [2.05, 4.69) is 6.92 Å². The third-order valence-corrected chi connectivity index (χ3v) is 2.86. The second-order valence-electron chi connectivity index (χ2n) is 4.24. The van der Waals surface area contributed by atoms with Gasteiger partial charge in [-0.25, -0.2) is 4.39 Å². The van der Waals surface area contributed by atoms with Crippen LogP contribution < -0.4 is 5.73 Å². The van der Waals surface area contributed by atoms with Gasteiger partial charge in [0.25, 0.3) is 0 Å². The van der Waals surface area contributed by atoms with Gasteiger partial charge in [-0.2, -0.15) is 0 Å². The molecule has 1 atom stereocenters. The summed E-state index contributed by atoms with van der Waals surface area (Å²) in [6, 6.07) is 6.66. The van der Waals surface area contributed by atoms with E-state index in [-0.39, 0.29) is 11.7 Å². The third-order valence-electron chi connectivity index (χ3n) is 2.86. The SMILES string of the molecule is CCCCOCCC(CN)c1cccc(F)c1. The van der Waals surface area contributed by atoms with Gasteiger partial charge in [0.05, 0.1) is 0 Å². The highest BCUT2D eigenvalue weighted by molar-refractivity contribution is 5.20. The van der Waals surface area contributed by atoms with Crippen molar-refractivity contribution in [2.75, 3.05) is 19.8 Å². The Kier molecular flexibility index (Phi) is 6.82. The number of ether oxygens (including phenoxy) is 1. The number of nitrogens with two attached hydrogens (primary N) is 1. The highest BCUT2D eigenvalue weighted by Gasteiger charge is 2.10. The molecule has 0 radical (unpaired) electrons. The van der Waals surface area contributed by atoms with Gasteiger partial charge in [0.15, 0.2) is 0 Å². The molecule has 1 rings (SSSR count). The summed E-state index contributed by atoms with van der Waals surface area (Å²) in [4.78, 5) is 0. The van der Waals surface area contributed by atoms with Crippen LogP contribution in [0.5, 0.6) is 0 Å². The molecule has 0 saturated carbocycles. The zero-order valence-corrected chi connectivity index (χ0v) is 10.5. The van der Waals surface area contributed by atoms with Crippen molar-refractivity contribution in [3.63, 3.8) is 0 Å². The van der Waals surface area contributed by atoms with E-state index in [1.54, 1.807) is 12.1 Å². The lowest BCUT2D eigenvalue weighted by Crippen LogP contribution is -2.15. The number of hydrogen-bond donors (Lipinski definition) is 1. The molecule has 0 heterocycles. The average Bonchev–Trinajstić information content (AvgIpc) is 2.34. The highest BCUT2D eigenvalue weighted by Crippen LogP contribution is 2.19. The maximum atomic E-state index is 13.1. The molecule has 0 spiro atoms. The topological polar surface area (TPSA) is 35.2 Å². The van der Waals surface area contributed by atoms with Gasteiger partial charge in [-0.15, -0.1) is 0 Å². The van der Waals surface area contributed by atoms with Crippen molar-refractivity contribution in [2.45, 2.75) is 32.1 Å². The van der Waals surface area contributed by atoms with Crippen molar-refractivity contribution in [3.8, 4) is 0 Å². The fraction of sp³-hybridized carbons (Fsp3) is 0.571. The van der Waals surface area contributed by atoms with Crippen LogP contribution >= 0.6 is 0 Å². The number of benzene rings is 1. The lowest BCUT2D eigenvalue weighted by atomic mass is 9.96. The first-order valence-electron chi connectivity index (χ1n) is 6.31. The molecule has 3 heteroatoms. The monoisotopic (exact) mass is 239 g/mol. The molecule has 0 amide bonds. The fourth-order valence-corrected chi connectivity index (χ4v) is 1.76. The number of rotatable bonds is 8. The van der Waals surface area contributed by atoms with Crippen LogP contribution in [0.3, 0.4) is 0 Å². The van der Waals surface area contributed by atoms with Gasteiger partial charge < -0.3 is 10.5 Å². The largest absolute Gasteiger partial charge is 0.381 e. The van der Waals surface area contributed by atoms with E-state index in [0.29, 0.717) is 13.2 Å². The summed E-state index contributed by atoms with van der Waals surface area (Å²) < 4.78 is 18.6. The summed E-state index contributed by atoms with van der Waals surface area (Å²) >= 11 is 0. The van der Waals surface area contributed by atoms with Gasteiger partial charge >= 0.3 is 0 Å². The molecule has 1 aromatic carbocycles. The molecule has 2 nitrogen and oxygen atoms in total. The molecule has 0 bridgehead atoms. The molecular formula is C14H22FNO. The van der Waals surface area contributed by atoms with Gasteiger partial charge in [-0.3, -0.25) is 0 Å². The minimum Gasteiger partial charge on any atom is -0.381 e. The second-order valence-corrected chi connectivity index (χ2v) is 4.24. The van der Waals surface area contributed by atoms with Crippen LogP contribution in [-0.4, -0.2) is 19.8 Å². The van der Waals surface area contributed by atoms with Crippen LogP contribution in [0.25, 0.3) is 0 Å². The first kappa shape index (κ1) is 14.1. The summed E-state index contributed by atoms with van der Waals surface area (Å²) in [6.45, 7) is 4.16. The number of unbranched alkanes of at least 4 members (excludes halogenated alkanes) is 1. The van der Waals surface area contributed by atoms with Crippen LogP contribution in [0.4, 0.5) is 4.39 Å². The molecular weight excluding hydrogens is 217 g/mol. The summed E-state index contributed by atoms with van der Waals surface area (Å²) in [7, 11) is 0. The van der Waals surface area contributed by atoms with E-state index in [0.717, 1.165) is 31.4 Å². The van der Waals surface area contributed by atoms with E-state index in [1.807, 2.05) is 6.07 Å². The van der Waals surface area contributed by atoms with Gasteiger partial charge in [0, 0.05) is 13.2 Å². The molecule has 96 valence electrons. The molecule has 0 aromatic heterocycles. The van der Waals surface area contributed by atoms with Crippen LogP contribution in [0.2, 0.25) is 0 Å². The Hall–Kier alpha value is -0.930. The molecule has 0 fully saturated rings. The molecule has 0 aliphatic carbocycles. The minimum absolute atomic E-state index is 0.187. The van der Waals surface area contributed by atoms with Gasteiger partial charge in [0.2, 0.25) is 0 Å². The Labute approximate surface area is 103 Å². The van der Waals surface area contributed by atoms with E-state index >= 15 is 0 Å². The maximum absolute atomic E-state index is 13.1. The van der Waals surface area contributed by atoms with Crippen molar-refractivity contribution in [3.05, 3.63) is 35.6 Å². The van der Waals surface area contributed by atoms with Crippen molar-refractivity contribution < 1.29 is 9.13 Å². The van der Waals surface area contributed by atoms with Crippen molar-refractivity contribution in [1.29, 1.82) is 0 Å². The van der Waals surface area contributed by atoms with Crippen LogP contribution in [-0.2, 0) is 4.74 Å². The van der Waals surface area contributed by atoms with E-state index in [9.17, 15) is 4.39 Å². The Morgan fingerprint density at radius 2 is 2.18 bits per heavy atom. The molecule has 17 heavy (non-hydrogen) atoms. The van der Waals surface area contributed by atoms with Crippen LogP contribution in [0.1, 0.15) is 37.7 Å². The van der Waals surface area contributed by atoms with Crippen molar-refractivity contribution in [1.82, 2.24) is 0 Å².